The fourth-order valence-corrected chi connectivity index (χ4v) is 11.8. The van der Waals surface area contributed by atoms with E-state index in [9.17, 15) is 28.0 Å². The standard InChI is InChI=1S/C25H25NO.C24H21Cl2NO.C23H16Cl2O.C23H16F2O/c1-20-11-9-10-16-23(20)17-24(25(27)22-14-7-4-8-15-22)19-26(2)18-21-12-5-3-6-13-21;1-27(16-19-5-3-2-4-6-19)17-21(15-18-7-11-22(25)12-8-18)24(28)20-9-13-23(26)14-10-20;24-21-12-6-4-10-18(21)14-15-23(26)20(17-8-2-1-3-9-17)16-19-11-5-7-13-22(19)25;24-20-11-6-17(7-12-20)10-15-23(26)22(19-4-2-1-3-5-19)16-18-8-13-21(25)14-9-18/h3-17H,18-19H2,1-2H3;2-15H,16-17H2,1H3;2*1-16H/b24-17+;21-15+;15-14+,20-16?;15-10+,22-16?. The summed E-state index contributed by atoms with van der Waals surface area (Å²) < 4.78 is 26.1. The van der Waals surface area contributed by atoms with Crippen molar-refractivity contribution in [2.24, 2.45) is 0 Å². The third-order valence-electron chi connectivity index (χ3n) is 16.6. The van der Waals surface area contributed by atoms with Gasteiger partial charge < -0.3 is 0 Å². The highest BCUT2D eigenvalue weighted by molar-refractivity contribution is 6.36. The Kier molecular flexibility index (Phi) is 31.3. The Morgan fingerprint density at radius 2 is 0.673 bits per heavy atom. The predicted molar refractivity (Wildman–Crippen MR) is 443 cm³/mol. The van der Waals surface area contributed by atoms with Crippen molar-refractivity contribution < 1.29 is 28.0 Å². The zero-order chi connectivity index (χ0) is 75.7. The lowest BCUT2D eigenvalue weighted by Crippen LogP contribution is -2.24. The number of halogens is 6. The SMILES string of the molecule is CN(C/C(=C\c1ccc(Cl)cc1)C(=O)c1ccc(Cl)cc1)Cc1ccccc1.Cc1ccccc1/C=C(\CN(C)Cc1ccccc1)C(=O)c1ccccc1.O=C(/C=C/c1ccc(F)cc1)C(=Cc1ccc(F)cc1)c1ccccc1.O=C(/C=C/c1ccccc1Cl)C(=Cc1ccccc1Cl)c1ccccc1. The quantitative estimate of drug-likeness (QED) is 0.0341. The van der Waals surface area contributed by atoms with Crippen LogP contribution >= 0.6 is 46.4 Å². The number of ketones is 4. The van der Waals surface area contributed by atoms with Crippen molar-refractivity contribution in [1.82, 2.24) is 9.80 Å². The molecule has 0 bridgehead atoms. The number of benzene rings is 12. The molecular weight excluding hydrogens is 1410 g/mol. The first-order valence-electron chi connectivity index (χ1n) is 34.5. The molecule has 6 nitrogen and oxygen atoms in total. The fraction of sp³-hybridized carbons (Fsp3) is 0.0737. The Hall–Kier alpha value is -11.3. The van der Waals surface area contributed by atoms with Crippen LogP contribution in [-0.4, -0.2) is 60.1 Å². The summed E-state index contributed by atoms with van der Waals surface area (Å²) in [6.45, 7) is 4.75. The molecule has 0 amide bonds. The molecule has 12 rings (SSSR count). The van der Waals surface area contributed by atoms with Crippen LogP contribution in [0, 0.1) is 18.6 Å². The summed E-state index contributed by atoms with van der Waals surface area (Å²) in [5, 5.41) is 2.49. The molecule has 0 radical (unpaired) electrons. The van der Waals surface area contributed by atoms with Gasteiger partial charge in [0.05, 0.1) is 0 Å². The second-order valence-corrected chi connectivity index (χ2v) is 26.7. The Bertz CT molecular complexity index is 5070. The molecule has 12 heteroatoms. The fourth-order valence-electron chi connectivity index (χ4n) is 11.1. The van der Waals surface area contributed by atoms with E-state index in [0.29, 0.717) is 55.5 Å². The maximum atomic E-state index is 13.2. The summed E-state index contributed by atoms with van der Waals surface area (Å²) in [5.74, 6) is -0.883. The highest BCUT2D eigenvalue weighted by Crippen LogP contribution is 2.28. The average Bonchev–Trinajstić information content (AvgIpc) is 0.859. The Balaban J connectivity index is 0.000000165. The van der Waals surface area contributed by atoms with Crippen molar-refractivity contribution in [3.63, 3.8) is 0 Å². The van der Waals surface area contributed by atoms with Crippen molar-refractivity contribution in [3.8, 4) is 0 Å². The van der Waals surface area contributed by atoms with Gasteiger partial charge in [0.2, 0.25) is 0 Å². The number of likely N-dealkylation sites (N-methyl/N-ethyl adjacent to an activating group) is 2. The van der Waals surface area contributed by atoms with Crippen molar-refractivity contribution in [3.05, 3.63) is 449 Å². The molecule has 0 aliphatic rings. The number of rotatable bonds is 24. The van der Waals surface area contributed by atoms with Gasteiger partial charge in [0, 0.05) is 79.7 Å². The van der Waals surface area contributed by atoms with E-state index in [1.54, 1.807) is 78.9 Å². The summed E-state index contributed by atoms with van der Waals surface area (Å²) in [6, 6.07) is 98.2. The zero-order valence-electron chi connectivity index (χ0n) is 59.3. The molecule has 0 aromatic heterocycles. The maximum Gasteiger partial charge on any atom is 0.190 e. The van der Waals surface area contributed by atoms with Gasteiger partial charge in [-0.25, -0.2) is 8.78 Å². The van der Waals surface area contributed by atoms with Crippen LogP contribution in [0.25, 0.3) is 47.6 Å². The van der Waals surface area contributed by atoms with Gasteiger partial charge in [-0.05, 0) is 198 Å². The van der Waals surface area contributed by atoms with Gasteiger partial charge in [-0.2, -0.15) is 0 Å². The smallest absolute Gasteiger partial charge is 0.190 e. The lowest BCUT2D eigenvalue weighted by Gasteiger charge is -2.19. The monoisotopic (exact) mass is 1490 g/mol. The molecule has 0 atom stereocenters. The van der Waals surface area contributed by atoms with Crippen LogP contribution < -0.4 is 0 Å². The first-order valence-corrected chi connectivity index (χ1v) is 36.0. The number of hydrogen-bond donors (Lipinski definition) is 0. The summed E-state index contributed by atoms with van der Waals surface area (Å²) in [7, 11) is 4.06. The molecule has 12 aromatic rings. The van der Waals surface area contributed by atoms with E-state index < -0.39 is 0 Å². The van der Waals surface area contributed by atoms with Crippen LogP contribution in [0.3, 0.4) is 0 Å². The van der Waals surface area contributed by atoms with Gasteiger partial charge in [-0.1, -0.05) is 301 Å². The van der Waals surface area contributed by atoms with Crippen LogP contribution in [0.5, 0.6) is 0 Å². The van der Waals surface area contributed by atoms with E-state index in [2.05, 4.69) is 60.2 Å². The molecule has 0 spiro atoms. The first kappa shape index (κ1) is 79.8. The van der Waals surface area contributed by atoms with Gasteiger partial charge in [0.1, 0.15) is 11.6 Å². The van der Waals surface area contributed by atoms with Gasteiger partial charge in [0.15, 0.2) is 23.1 Å². The summed E-state index contributed by atoms with van der Waals surface area (Å²) in [6.07, 6.45) is 13.9. The molecule has 0 N–H and O–H groups in total. The summed E-state index contributed by atoms with van der Waals surface area (Å²) in [4.78, 5) is 56.3. The van der Waals surface area contributed by atoms with Gasteiger partial charge in [-0.3, -0.25) is 29.0 Å². The molecule has 0 aliphatic heterocycles. The van der Waals surface area contributed by atoms with E-state index in [1.807, 2.05) is 225 Å². The Labute approximate surface area is 646 Å². The topological polar surface area (TPSA) is 74.8 Å². The van der Waals surface area contributed by atoms with E-state index >= 15 is 0 Å². The van der Waals surface area contributed by atoms with Crippen molar-refractivity contribution in [2.45, 2.75) is 20.0 Å². The molecule has 0 fully saturated rings. The number of Topliss-reactive ketones (excluding diaryl/α,β-unsaturated/α-hetero) is 2. The molecule has 0 aliphatic carbocycles. The van der Waals surface area contributed by atoms with Gasteiger partial charge in [-0.15, -0.1) is 0 Å². The Morgan fingerprint density at radius 3 is 1.14 bits per heavy atom. The van der Waals surface area contributed by atoms with Gasteiger partial charge in [0.25, 0.3) is 0 Å². The average molecular weight is 1490 g/mol. The van der Waals surface area contributed by atoms with E-state index in [0.717, 1.165) is 68.7 Å². The summed E-state index contributed by atoms with van der Waals surface area (Å²) in [5.41, 5.74) is 14.2. The van der Waals surface area contributed by atoms with Crippen LogP contribution in [0.15, 0.2) is 345 Å². The predicted octanol–water partition coefficient (Wildman–Crippen LogP) is 24.4. The molecule has 0 saturated heterocycles. The van der Waals surface area contributed by atoms with Gasteiger partial charge >= 0.3 is 0 Å². The van der Waals surface area contributed by atoms with Crippen molar-refractivity contribution in [2.75, 3.05) is 27.2 Å². The summed E-state index contributed by atoms with van der Waals surface area (Å²) >= 11 is 24.4. The first-order chi connectivity index (χ1) is 51.9. The number of carbonyl (C=O) groups is 4. The number of nitrogens with zero attached hydrogens (tertiary/aromatic N) is 2. The van der Waals surface area contributed by atoms with Crippen LogP contribution in [0.4, 0.5) is 8.78 Å². The molecule has 107 heavy (non-hydrogen) atoms. The van der Waals surface area contributed by atoms with Crippen molar-refractivity contribution >= 4 is 117 Å². The maximum absolute atomic E-state index is 13.2. The minimum atomic E-state index is -0.328. The zero-order valence-corrected chi connectivity index (χ0v) is 62.4. The largest absolute Gasteiger partial charge is 0.298 e. The number of carbonyl (C=O) groups excluding carboxylic acids is 4. The number of allylic oxidation sites excluding steroid dienone is 4. The van der Waals surface area contributed by atoms with E-state index in [1.165, 1.54) is 53.1 Å². The number of hydrogen-bond acceptors (Lipinski definition) is 6. The highest BCUT2D eigenvalue weighted by atomic mass is 35.5. The van der Waals surface area contributed by atoms with Crippen LogP contribution in [-0.2, 0) is 22.7 Å². The molecular formula is C95H78Cl4F2N2O4. The van der Waals surface area contributed by atoms with Crippen LogP contribution in [0.2, 0.25) is 20.1 Å². The van der Waals surface area contributed by atoms with Crippen molar-refractivity contribution in [1.29, 1.82) is 0 Å². The Morgan fingerprint density at radius 1 is 0.327 bits per heavy atom. The minimum Gasteiger partial charge on any atom is -0.298 e. The highest BCUT2D eigenvalue weighted by Gasteiger charge is 2.18. The van der Waals surface area contributed by atoms with E-state index in [4.69, 9.17) is 46.4 Å². The van der Waals surface area contributed by atoms with Crippen LogP contribution in [0.1, 0.15) is 81.9 Å². The molecule has 0 heterocycles. The lowest BCUT2D eigenvalue weighted by atomic mass is 9.98. The lowest BCUT2D eigenvalue weighted by molar-refractivity contribution is -0.110. The second-order valence-electron chi connectivity index (χ2n) is 25.0. The van der Waals surface area contributed by atoms with E-state index in [-0.39, 0.29) is 34.8 Å². The molecule has 0 saturated carbocycles. The third-order valence-corrected chi connectivity index (χ3v) is 17.8. The molecule has 12 aromatic carbocycles. The second kappa shape index (κ2) is 42.0. The normalized spacial score (nSPS) is 11.7. The molecule has 0 unspecified atom stereocenters. The third kappa shape index (κ3) is 26.4. The minimum absolute atomic E-state index is 0.00784. The number of aryl methyl sites for hydroxylation is 1. The molecule has 534 valence electrons.